The van der Waals surface area contributed by atoms with E-state index in [-0.39, 0.29) is 5.82 Å². The molecule has 4 aromatic heterocycles. The number of aryl methyl sites for hydroxylation is 1. The molecule has 0 atom stereocenters. The Labute approximate surface area is 146 Å². The number of imidazole rings is 1. The second-order valence-electron chi connectivity index (χ2n) is 5.36. The van der Waals surface area contributed by atoms with Gasteiger partial charge < -0.3 is 16.2 Å². The van der Waals surface area contributed by atoms with Crippen LogP contribution in [0, 0.1) is 6.92 Å². The van der Waals surface area contributed by atoms with Gasteiger partial charge in [-0.15, -0.1) is 4.68 Å². The van der Waals surface area contributed by atoms with Crippen molar-refractivity contribution in [2.24, 2.45) is 0 Å². The Kier molecular flexibility index (Phi) is 3.46. The first kappa shape index (κ1) is 15.5. The second kappa shape index (κ2) is 5.81. The second-order valence-corrected chi connectivity index (χ2v) is 5.36. The normalized spacial score (nSPS) is 11.0. The Morgan fingerprint density at radius 1 is 1.19 bits per heavy atom. The SMILES string of the molecule is Cc1nc(N)cc(-c2c(Nc3ccnn3C(=O)O)nc3cccnn23)n1. The van der Waals surface area contributed by atoms with E-state index >= 15 is 0 Å². The summed E-state index contributed by atoms with van der Waals surface area (Å²) >= 11 is 0. The van der Waals surface area contributed by atoms with Gasteiger partial charge in [0.1, 0.15) is 23.2 Å². The molecule has 0 bridgehead atoms. The smallest absolute Gasteiger partial charge is 0.434 e. The lowest BCUT2D eigenvalue weighted by Gasteiger charge is -2.08. The van der Waals surface area contributed by atoms with Crippen LogP contribution in [-0.2, 0) is 0 Å². The predicted octanol–water partition coefficient (Wildman–Crippen LogP) is 1.54. The first-order chi connectivity index (χ1) is 12.5. The van der Waals surface area contributed by atoms with E-state index in [0.29, 0.717) is 34.5 Å². The molecule has 4 aromatic rings. The summed E-state index contributed by atoms with van der Waals surface area (Å²) in [6.07, 6.45) is 1.76. The zero-order chi connectivity index (χ0) is 18.3. The van der Waals surface area contributed by atoms with Gasteiger partial charge in [0.05, 0.1) is 11.9 Å². The Bertz CT molecular complexity index is 1110. The van der Waals surface area contributed by atoms with E-state index < -0.39 is 6.09 Å². The Morgan fingerprint density at radius 2 is 2.04 bits per heavy atom. The summed E-state index contributed by atoms with van der Waals surface area (Å²) in [5, 5.41) is 20.2. The van der Waals surface area contributed by atoms with Crippen LogP contribution >= 0.6 is 0 Å². The number of nitrogens with two attached hydrogens (primary N) is 1. The number of anilines is 3. The van der Waals surface area contributed by atoms with E-state index in [1.54, 1.807) is 35.8 Å². The maximum Gasteiger partial charge on any atom is 0.434 e. The Balaban J connectivity index is 1.92. The summed E-state index contributed by atoms with van der Waals surface area (Å²) in [5.74, 6) is 1.40. The van der Waals surface area contributed by atoms with Gasteiger partial charge in [-0.05, 0) is 19.1 Å². The van der Waals surface area contributed by atoms with Gasteiger partial charge in [-0.2, -0.15) is 10.2 Å². The molecular weight excluding hydrogens is 338 g/mol. The van der Waals surface area contributed by atoms with Gasteiger partial charge in [0, 0.05) is 18.3 Å². The van der Waals surface area contributed by atoms with Crippen molar-refractivity contribution in [3.05, 3.63) is 42.5 Å². The third-order valence-electron chi connectivity index (χ3n) is 3.56. The highest BCUT2D eigenvalue weighted by atomic mass is 16.4. The van der Waals surface area contributed by atoms with E-state index in [0.717, 1.165) is 4.68 Å². The molecule has 4 N–H and O–H groups in total. The molecule has 130 valence electrons. The van der Waals surface area contributed by atoms with E-state index in [1.807, 2.05) is 0 Å². The molecule has 0 spiro atoms. The van der Waals surface area contributed by atoms with Crippen molar-refractivity contribution in [3.63, 3.8) is 0 Å². The zero-order valence-corrected chi connectivity index (χ0v) is 13.5. The quantitative estimate of drug-likeness (QED) is 0.499. The van der Waals surface area contributed by atoms with Crippen molar-refractivity contribution in [1.29, 1.82) is 0 Å². The summed E-state index contributed by atoms with van der Waals surface area (Å²) < 4.78 is 2.39. The van der Waals surface area contributed by atoms with E-state index in [1.165, 1.54) is 12.3 Å². The summed E-state index contributed by atoms with van der Waals surface area (Å²) in [7, 11) is 0. The minimum atomic E-state index is -1.22. The molecule has 0 aliphatic heterocycles. The van der Waals surface area contributed by atoms with Crippen molar-refractivity contribution in [2.75, 3.05) is 11.1 Å². The van der Waals surface area contributed by atoms with Crippen LogP contribution in [0.4, 0.5) is 22.2 Å². The summed E-state index contributed by atoms with van der Waals surface area (Å²) in [5.41, 5.74) is 7.43. The van der Waals surface area contributed by atoms with Crippen LogP contribution < -0.4 is 11.1 Å². The maximum atomic E-state index is 11.3. The first-order valence-corrected chi connectivity index (χ1v) is 7.52. The highest BCUT2D eigenvalue weighted by molar-refractivity contribution is 5.80. The van der Waals surface area contributed by atoms with Crippen molar-refractivity contribution in [3.8, 4) is 11.4 Å². The number of hydrogen-bond donors (Lipinski definition) is 3. The number of fused-ring (bicyclic) bond motifs is 1. The lowest BCUT2D eigenvalue weighted by Crippen LogP contribution is -2.13. The molecule has 0 unspecified atom stereocenters. The van der Waals surface area contributed by atoms with Gasteiger partial charge in [0.25, 0.3) is 0 Å². The summed E-state index contributed by atoms with van der Waals surface area (Å²) in [6, 6.07) is 6.64. The fourth-order valence-corrected chi connectivity index (χ4v) is 2.59. The number of carboxylic acid groups (broad SMARTS) is 1. The van der Waals surface area contributed by atoms with E-state index in [4.69, 9.17) is 5.73 Å². The van der Waals surface area contributed by atoms with Crippen molar-refractivity contribution >= 4 is 29.2 Å². The predicted molar refractivity (Wildman–Crippen MR) is 92.1 cm³/mol. The van der Waals surface area contributed by atoms with Crippen LogP contribution in [0.15, 0.2) is 36.7 Å². The number of carbonyl (C=O) groups is 1. The lowest BCUT2D eigenvalue weighted by atomic mass is 10.3. The van der Waals surface area contributed by atoms with Gasteiger partial charge in [0.2, 0.25) is 0 Å². The maximum absolute atomic E-state index is 11.3. The van der Waals surface area contributed by atoms with Crippen molar-refractivity contribution < 1.29 is 9.90 Å². The number of nitrogens with zero attached hydrogens (tertiary/aromatic N) is 7. The number of nitrogen functional groups attached to an aromatic ring is 1. The molecule has 0 radical (unpaired) electrons. The molecule has 0 saturated heterocycles. The summed E-state index contributed by atoms with van der Waals surface area (Å²) in [6.45, 7) is 1.73. The largest absolute Gasteiger partial charge is 0.463 e. The molecule has 0 aliphatic rings. The lowest BCUT2D eigenvalue weighted by molar-refractivity contribution is 0.193. The number of hydrogen-bond acceptors (Lipinski definition) is 8. The topological polar surface area (TPSA) is 149 Å². The molecule has 0 saturated carbocycles. The monoisotopic (exact) mass is 351 g/mol. The molecule has 0 aliphatic carbocycles. The van der Waals surface area contributed by atoms with Crippen LogP contribution in [0.25, 0.3) is 17.0 Å². The van der Waals surface area contributed by atoms with Crippen molar-refractivity contribution in [1.82, 2.24) is 34.3 Å². The van der Waals surface area contributed by atoms with Crippen LogP contribution in [0.5, 0.6) is 0 Å². The molecule has 0 amide bonds. The molecule has 11 nitrogen and oxygen atoms in total. The van der Waals surface area contributed by atoms with E-state index in [9.17, 15) is 9.90 Å². The minimum absolute atomic E-state index is 0.237. The molecule has 4 rings (SSSR count). The molecule has 4 heterocycles. The number of nitrogens with one attached hydrogen (secondary N) is 1. The molecule has 0 fully saturated rings. The van der Waals surface area contributed by atoms with Gasteiger partial charge >= 0.3 is 6.09 Å². The highest BCUT2D eigenvalue weighted by Crippen LogP contribution is 2.30. The third-order valence-corrected chi connectivity index (χ3v) is 3.56. The van der Waals surface area contributed by atoms with Crippen LogP contribution in [0.3, 0.4) is 0 Å². The Morgan fingerprint density at radius 3 is 2.81 bits per heavy atom. The molecule has 0 aromatic carbocycles. The van der Waals surface area contributed by atoms with Gasteiger partial charge in [-0.25, -0.2) is 24.3 Å². The molecule has 26 heavy (non-hydrogen) atoms. The minimum Gasteiger partial charge on any atom is -0.463 e. The van der Waals surface area contributed by atoms with Crippen molar-refractivity contribution in [2.45, 2.75) is 6.92 Å². The van der Waals surface area contributed by atoms with Gasteiger partial charge in [-0.1, -0.05) is 0 Å². The van der Waals surface area contributed by atoms with Crippen LogP contribution in [0.2, 0.25) is 0 Å². The average Bonchev–Trinajstić information content (AvgIpc) is 3.18. The molecular formula is C15H13N9O2. The fraction of sp³-hybridized carbons (Fsp3) is 0.0667. The number of aromatic nitrogens is 7. The molecule has 11 heteroatoms. The zero-order valence-electron chi connectivity index (χ0n) is 13.5. The highest BCUT2D eigenvalue weighted by Gasteiger charge is 2.19. The van der Waals surface area contributed by atoms with Gasteiger partial charge in [-0.3, -0.25) is 0 Å². The first-order valence-electron chi connectivity index (χ1n) is 7.52. The van der Waals surface area contributed by atoms with E-state index in [2.05, 4.69) is 30.5 Å². The van der Waals surface area contributed by atoms with Crippen LogP contribution in [-0.4, -0.2) is 45.5 Å². The average molecular weight is 351 g/mol. The standard InChI is InChI=1S/C15H13N9O2/c1-8-19-9(7-10(16)20-8)13-14(21-11-3-2-5-17-23(11)13)22-12-4-6-18-24(12)15(25)26/h2-7,22H,1H3,(H,25,26)(H2,16,19,20). The van der Waals surface area contributed by atoms with Crippen LogP contribution in [0.1, 0.15) is 5.82 Å². The summed E-state index contributed by atoms with van der Waals surface area (Å²) in [4.78, 5) is 24.2. The Hall–Kier alpha value is -4.02. The third kappa shape index (κ3) is 2.56. The van der Waals surface area contributed by atoms with Gasteiger partial charge in [0.15, 0.2) is 11.5 Å². The fourth-order valence-electron chi connectivity index (χ4n) is 2.59. The number of rotatable bonds is 3.